The highest BCUT2D eigenvalue weighted by molar-refractivity contribution is 6.02. The summed E-state index contributed by atoms with van der Waals surface area (Å²) in [6.07, 6.45) is 2.94. The number of unbranched alkanes of at least 4 members (excludes halogenated alkanes) is 1. The van der Waals surface area contributed by atoms with Crippen molar-refractivity contribution in [3.8, 4) is 17.2 Å². The van der Waals surface area contributed by atoms with Crippen LogP contribution in [0.1, 0.15) is 47.1 Å². The van der Waals surface area contributed by atoms with E-state index in [-0.39, 0.29) is 5.97 Å². The van der Waals surface area contributed by atoms with E-state index < -0.39 is 0 Å². The van der Waals surface area contributed by atoms with Crippen molar-refractivity contribution in [2.45, 2.75) is 32.7 Å². The second-order valence-corrected chi connectivity index (χ2v) is 7.74. The van der Waals surface area contributed by atoms with Gasteiger partial charge in [-0.2, -0.15) is 5.26 Å². The van der Waals surface area contributed by atoms with Crippen molar-refractivity contribution in [3.05, 3.63) is 89.2 Å². The molecule has 0 saturated heterocycles. The van der Waals surface area contributed by atoms with E-state index in [0.717, 1.165) is 52.8 Å². The van der Waals surface area contributed by atoms with E-state index in [1.54, 1.807) is 6.07 Å². The Hall–Kier alpha value is -3.91. The van der Waals surface area contributed by atoms with Crippen molar-refractivity contribution in [3.63, 3.8) is 0 Å². The molecule has 0 bridgehead atoms. The monoisotopic (exact) mass is 423 g/mol. The Morgan fingerprint density at radius 3 is 2.56 bits per heavy atom. The van der Waals surface area contributed by atoms with Crippen molar-refractivity contribution in [2.75, 3.05) is 7.11 Å². The molecule has 0 atom stereocenters. The molecule has 4 aromatic rings. The first-order chi connectivity index (χ1) is 15.7. The SMILES string of the molecule is CCCCc1nc2cccc(C(=O)OC)c2n1Cc1ccc(-c2ccccc2C#N)cc1. The standard InChI is InChI=1S/C27H25N3O2/c1-3-4-12-25-29-24-11-7-10-23(27(31)32-2)26(24)30(25)18-19-13-15-20(16-14-19)22-9-6-5-8-21(22)17-28/h5-11,13-16H,3-4,12,18H2,1-2H3. The molecule has 0 aliphatic rings. The van der Waals surface area contributed by atoms with Gasteiger partial charge in [-0.15, -0.1) is 0 Å². The summed E-state index contributed by atoms with van der Waals surface area (Å²) in [6, 6.07) is 23.7. The Balaban J connectivity index is 1.74. The van der Waals surface area contributed by atoms with Crippen molar-refractivity contribution in [1.82, 2.24) is 9.55 Å². The van der Waals surface area contributed by atoms with Crippen LogP contribution in [-0.2, 0) is 17.7 Å². The summed E-state index contributed by atoms with van der Waals surface area (Å²) in [5.74, 6) is 0.611. The Kier molecular flexibility index (Phi) is 6.32. The highest BCUT2D eigenvalue weighted by Gasteiger charge is 2.18. The Labute approximate surface area is 187 Å². The maximum absolute atomic E-state index is 12.4. The number of carbonyl (C=O) groups excluding carboxylic acids is 1. The van der Waals surface area contributed by atoms with Gasteiger partial charge in [-0.1, -0.05) is 61.9 Å². The van der Waals surface area contributed by atoms with Gasteiger partial charge in [0.25, 0.3) is 0 Å². The molecule has 0 unspecified atom stereocenters. The summed E-state index contributed by atoms with van der Waals surface area (Å²) >= 11 is 0. The molecule has 32 heavy (non-hydrogen) atoms. The highest BCUT2D eigenvalue weighted by atomic mass is 16.5. The number of hydrogen-bond acceptors (Lipinski definition) is 4. The van der Waals surface area contributed by atoms with Crippen LogP contribution in [0.3, 0.4) is 0 Å². The number of hydrogen-bond donors (Lipinski definition) is 0. The van der Waals surface area contributed by atoms with Gasteiger partial charge in [0.15, 0.2) is 0 Å². The number of nitrogens with zero attached hydrogens (tertiary/aromatic N) is 3. The molecule has 0 fully saturated rings. The van der Waals surface area contributed by atoms with Gasteiger partial charge >= 0.3 is 5.97 Å². The highest BCUT2D eigenvalue weighted by Crippen LogP contribution is 2.26. The van der Waals surface area contributed by atoms with E-state index in [1.807, 2.05) is 48.5 Å². The van der Waals surface area contributed by atoms with Gasteiger partial charge in [-0.3, -0.25) is 0 Å². The topological polar surface area (TPSA) is 67.9 Å². The average Bonchev–Trinajstić information content (AvgIpc) is 3.19. The molecule has 0 aliphatic carbocycles. The molecule has 4 rings (SSSR count). The van der Waals surface area contributed by atoms with E-state index in [2.05, 4.69) is 29.7 Å². The average molecular weight is 424 g/mol. The third-order valence-corrected chi connectivity index (χ3v) is 5.66. The van der Waals surface area contributed by atoms with Crippen molar-refractivity contribution in [1.29, 1.82) is 5.26 Å². The lowest BCUT2D eigenvalue weighted by molar-refractivity contribution is 0.0602. The second-order valence-electron chi connectivity index (χ2n) is 7.74. The zero-order chi connectivity index (χ0) is 22.5. The molecule has 0 N–H and O–H groups in total. The number of imidazole rings is 1. The first-order valence-corrected chi connectivity index (χ1v) is 10.8. The zero-order valence-corrected chi connectivity index (χ0v) is 18.3. The van der Waals surface area contributed by atoms with E-state index >= 15 is 0 Å². The van der Waals surface area contributed by atoms with E-state index in [0.29, 0.717) is 17.7 Å². The molecule has 3 aromatic carbocycles. The third kappa shape index (κ3) is 4.13. The maximum atomic E-state index is 12.4. The largest absolute Gasteiger partial charge is 0.465 e. The summed E-state index contributed by atoms with van der Waals surface area (Å²) in [7, 11) is 1.40. The van der Waals surface area contributed by atoms with Gasteiger partial charge < -0.3 is 9.30 Å². The minimum atomic E-state index is -0.359. The molecule has 5 nitrogen and oxygen atoms in total. The van der Waals surface area contributed by atoms with Crippen molar-refractivity contribution in [2.24, 2.45) is 0 Å². The van der Waals surface area contributed by atoms with Crippen LogP contribution in [-0.4, -0.2) is 22.6 Å². The second kappa shape index (κ2) is 9.49. The number of carbonyl (C=O) groups is 1. The van der Waals surface area contributed by atoms with Crippen molar-refractivity contribution >= 4 is 17.0 Å². The minimum Gasteiger partial charge on any atom is -0.465 e. The number of para-hydroxylation sites is 1. The lowest BCUT2D eigenvalue weighted by atomic mass is 9.99. The fourth-order valence-corrected chi connectivity index (χ4v) is 4.01. The fourth-order valence-electron chi connectivity index (χ4n) is 4.01. The van der Waals surface area contributed by atoms with E-state index in [9.17, 15) is 10.1 Å². The quantitative estimate of drug-likeness (QED) is 0.355. The van der Waals surface area contributed by atoms with E-state index in [1.165, 1.54) is 7.11 Å². The third-order valence-electron chi connectivity index (χ3n) is 5.66. The zero-order valence-electron chi connectivity index (χ0n) is 18.3. The summed E-state index contributed by atoms with van der Waals surface area (Å²) in [4.78, 5) is 17.3. The summed E-state index contributed by atoms with van der Waals surface area (Å²) in [5.41, 5.74) is 5.82. The Morgan fingerprint density at radius 1 is 1.06 bits per heavy atom. The number of aromatic nitrogens is 2. The molecule has 0 radical (unpaired) electrons. The predicted octanol–water partition coefficient (Wildman–Crippen LogP) is 5.75. The minimum absolute atomic E-state index is 0.359. The first kappa shape index (κ1) is 21.3. The molecular weight excluding hydrogens is 398 g/mol. The Bertz CT molecular complexity index is 1300. The number of rotatable bonds is 7. The number of ether oxygens (including phenoxy) is 1. The molecule has 160 valence electrons. The summed E-state index contributed by atoms with van der Waals surface area (Å²) in [6.45, 7) is 2.76. The molecule has 0 spiro atoms. The molecule has 0 aliphatic heterocycles. The van der Waals surface area contributed by atoms with Crippen LogP contribution in [0.4, 0.5) is 0 Å². The lowest BCUT2D eigenvalue weighted by Gasteiger charge is -2.12. The molecule has 1 heterocycles. The van der Waals surface area contributed by atoms with Crippen LogP contribution in [0.2, 0.25) is 0 Å². The van der Waals surface area contributed by atoms with Gasteiger partial charge in [0.2, 0.25) is 0 Å². The van der Waals surface area contributed by atoms with Crippen LogP contribution in [0.15, 0.2) is 66.7 Å². The van der Waals surface area contributed by atoms with Gasteiger partial charge in [-0.25, -0.2) is 9.78 Å². The van der Waals surface area contributed by atoms with Gasteiger partial charge in [0, 0.05) is 13.0 Å². The fraction of sp³-hybridized carbons (Fsp3) is 0.222. The first-order valence-electron chi connectivity index (χ1n) is 10.8. The van der Waals surface area contributed by atoms with Gasteiger partial charge in [-0.05, 0) is 41.3 Å². The number of benzene rings is 3. The molecule has 0 saturated carbocycles. The summed E-state index contributed by atoms with van der Waals surface area (Å²) < 4.78 is 7.15. The maximum Gasteiger partial charge on any atom is 0.340 e. The molecule has 1 aromatic heterocycles. The van der Waals surface area contributed by atoms with Crippen LogP contribution < -0.4 is 0 Å². The van der Waals surface area contributed by atoms with Gasteiger partial charge in [0.1, 0.15) is 5.82 Å². The number of nitriles is 1. The van der Waals surface area contributed by atoms with Crippen LogP contribution in [0.25, 0.3) is 22.2 Å². The smallest absolute Gasteiger partial charge is 0.340 e. The normalized spacial score (nSPS) is 10.8. The molecule has 0 amide bonds. The molecular formula is C27H25N3O2. The number of methoxy groups -OCH3 is 1. The molecule has 5 heteroatoms. The van der Waals surface area contributed by atoms with Crippen LogP contribution in [0.5, 0.6) is 0 Å². The lowest BCUT2D eigenvalue weighted by Crippen LogP contribution is -2.09. The summed E-state index contributed by atoms with van der Waals surface area (Å²) in [5, 5.41) is 9.40. The number of aryl methyl sites for hydroxylation is 1. The van der Waals surface area contributed by atoms with E-state index in [4.69, 9.17) is 9.72 Å². The predicted molar refractivity (Wildman–Crippen MR) is 125 cm³/mol. The van der Waals surface area contributed by atoms with Crippen LogP contribution >= 0.6 is 0 Å². The number of fused-ring (bicyclic) bond motifs is 1. The van der Waals surface area contributed by atoms with Crippen molar-refractivity contribution < 1.29 is 9.53 Å². The van der Waals surface area contributed by atoms with Crippen LogP contribution in [0, 0.1) is 11.3 Å². The number of esters is 1. The Morgan fingerprint density at radius 2 is 1.84 bits per heavy atom. The van der Waals surface area contributed by atoms with Gasteiger partial charge in [0.05, 0.1) is 35.3 Å².